The number of hydrogen-bond donors (Lipinski definition) is 2. The highest BCUT2D eigenvalue weighted by molar-refractivity contribution is 5.87. The third-order valence-corrected chi connectivity index (χ3v) is 2.19. The zero-order valence-electron chi connectivity index (χ0n) is 10.1. The van der Waals surface area contributed by atoms with E-state index in [1.165, 1.54) is 14.0 Å². The number of nitrogens with one attached hydrogen (secondary N) is 2. The third-order valence-electron chi connectivity index (χ3n) is 2.19. The van der Waals surface area contributed by atoms with Crippen LogP contribution in [0.15, 0.2) is 0 Å². The lowest BCUT2D eigenvalue weighted by atomic mass is 10.1. The largest absolute Gasteiger partial charge is 0.357 e. The highest BCUT2D eigenvalue weighted by Gasteiger charge is 2.18. The fraction of sp³-hybridized carbons (Fsp3) is 0.636. The molecular weight excluding hydrogens is 224 g/mol. The summed E-state index contributed by atoms with van der Waals surface area (Å²) >= 11 is 0. The van der Waals surface area contributed by atoms with Gasteiger partial charge in [0.25, 0.3) is 0 Å². The quantitative estimate of drug-likeness (QED) is 0.565. The van der Waals surface area contributed by atoms with E-state index in [-0.39, 0.29) is 43.3 Å². The Labute approximate surface area is 100 Å². The summed E-state index contributed by atoms with van der Waals surface area (Å²) < 4.78 is 0. The monoisotopic (exact) mass is 242 g/mol. The average molecular weight is 242 g/mol. The molecule has 0 fully saturated rings. The first kappa shape index (κ1) is 15.3. The Kier molecular flexibility index (Phi) is 7.58. The molecule has 0 aromatic heterocycles. The second-order valence-electron chi connectivity index (χ2n) is 3.65. The first-order valence-corrected chi connectivity index (χ1v) is 5.45. The Bertz CT molecular complexity index is 302. The maximum Gasteiger partial charge on any atom is 0.242 e. The Morgan fingerprint density at radius 1 is 1.24 bits per heavy atom. The number of ketones is 1. The molecule has 2 N–H and O–H groups in total. The molecule has 0 heterocycles. The van der Waals surface area contributed by atoms with Crippen LogP contribution in [0.25, 0.3) is 0 Å². The number of Topliss-reactive ketones (excluding diaryl/α,β-unsaturated/α-hetero) is 1. The van der Waals surface area contributed by atoms with Gasteiger partial charge in [-0.15, -0.1) is 0 Å². The van der Waals surface area contributed by atoms with E-state index in [1.54, 1.807) is 0 Å². The molecule has 1 atom stereocenters. The van der Waals surface area contributed by atoms with Gasteiger partial charge in [-0.1, -0.05) is 0 Å². The molecule has 96 valence electrons. The number of amides is 2. The summed E-state index contributed by atoms with van der Waals surface area (Å²) in [6, 6.07) is -0.697. The third kappa shape index (κ3) is 7.21. The van der Waals surface area contributed by atoms with E-state index in [2.05, 4.69) is 10.6 Å². The number of rotatable bonds is 8. The van der Waals surface area contributed by atoms with Crippen molar-refractivity contribution in [2.75, 3.05) is 7.05 Å². The number of aldehydes is 1. The molecule has 6 nitrogen and oxygen atoms in total. The van der Waals surface area contributed by atoms with Crippen LogP contribution in [0.1, 0.15) is 32.6 Å². The van der Waals surface area contributed by atoms with Crippen LogP contribution in [0.2, 0.25) is 0 Å². The van der Waals surface area contributed by atoms with Crippen molar-refractivity contribution in [3.63, 3.8) is 0 Å². The van der Waals surface area contributed by atoms with Gasteiger partial charge in [-0.25, -0.2) is 0 Å². The van der Waals surface area contributed by atoms with Crippen molar-refractivity contribution < 1.29 is 19.2 Å². The molecule has 0 saturated carbocycles. The fourth-order valence-corrected chi connectivity index (χ4v) is 1.34. The predicted molar refractivity (Wildman–Crippen MR) is 61.2 cm³/mol. The molecule has 0 aliphatic rings. The number of carbonyl (C=O) groups excluding carboxylic acids is 4. The van der Waals surface area contributed by atoms with Crippen LogP contribution in [0.4, 0.5) is 0 Å². The van der Waals surface area contributed by atoms with Gasteiger partial charge in [-0.3, -0.25) is 14.4 Å². The van der Waals surface area contributed by atoms with Gasteiger partial charge in [0.1, 0.15) is 18.1 Å². The first-order valence-electron chi connectivity index (χ1n) is 5.45. The molecule has 0 aromatic rings. The van der Waals surface area contributed by atoms with Gasteiger partial charge in [0.05, 0.1) is 0 Å². The molecule has 2 amide bonds. The Balaban J connectivity index is 4.15. The van der Waals surface area contributed by atoms with Gasteiger partial charge < -0.3 is 15.4 Å². The molecule has 0 aliphatic heterocycles. The van der Waals surface area contributed by atoms with Crippen LogP contribution in [0.3, 0.4) is 0 Å². The summed E-state index contributed by atoms with van der Waals surface area (Å²) in [4.78, 5) is 43.6. The molecule has 0 spiro atoms. The molecule has 0 aliphatic carbocycles. The average Bonchev–Trinajstić information content (AvgIpc) is 2.30. The van der Waals surface area contributed by atoms with Gasteiger partial charge in [-0.05, 0) is 6.42 Å². The maximum absolute atomic E-state index is 11.4. The van der Waals surface area contributed by atoms with Crippen molar-refractivity contribution in [1.29, 1.82) is 0 Å². The van der Waals surface area contributed by atoms with E-state index in [0.29, 0.717) is 6.29 Å². The smallest absolute Gasteiger partial charge is 0.242 e. The van der Waals surface area contributed by atoms with Gasteiger partial charge >= 0.3 is 0 Å². The van der Waals surface area contributed by atoms with Crippen molar-refractivity contribution >= 4 is 23.9 Å². The predicted octanol–water partition coefficient (Wildman–Crippen LogP) is -0.434. The summed E-state index contributed by atoms with van der Waals surface area (Å²) in [7, 11) is 1.46. The van der Waals surface area contributed by atoms with Crippen molar-refractivity contribution in [2.45, 2.75) is 38.6 Å². The molecule has 6 heteroatoms. The maximum atomic E-state index is 11.4. The van der Waals surface area contributed by atoms with Crippen molar-refractivity contribution in [1.82, 2.24) is 10.6 Å². The minimum absolute atomic E-state index is 0.0867. The molecule has 0 bridgehead atoms. The molecule has 0 rings (SSSR count). The van der Waals surface area contributed by atoms with Gasteiger partial charge in [-0.2, -0.15) is 0 Å². The highest BCUT2D eigenvalue weighted by Crippen LogP contribution is 2.02. The summed E-state index contributed by atoms with van der Waals surface area (Å²) in [5.74, 6) is -0.737. The minimum Gasteiger partial charge on any atom is -0.357 e. The zero-order chi connectivity index (χ0) is 13.3. The van der Waals surface area contributed by atoms with Crippen LogP contribution in [-0.2, 0) is 19.2 Å². The van der Waals surface area contributed by atoms with Gasteiger partial charge in [0.15, 0.2) is 0 Å². The van der Waals surface area contributed by atoms with Crippen LogP contribution < -0.4 is 10.6 Å². The van der Waals surface area contributed by atoms with E-state index in [9.17, 15) is 19.2 Å². The Morgan fingerprint density at radius 3 is 2.35 bits per heavy atom. The van der Waals surface area contributed by atoms with E-state index < -0.39 is 6.04 Å². The molecule has 17 heavy (non-hydrogen) atoms. The van der Waals surface area contributed by atoms with E-state index in [4.69, 9.17) is 0 Å². The number of likely N-dealkylation sites (N-methyl/N-ethyl adjacent to an activating group) is 1. The van der Waals surface area contributed by atoms with Gasteiger partial charge in [0.2, 0.25) is 11.8 Å². The number of carbonyl (C=O) groups is 4. The summed E-state index contributed by atoms with van der Waals surface area (Å²) in [5.41, 5.74) is 0. The van der Waals surface area contributed by atoms with Crippen LogP contribution in [-0.4, -0.2) is 37.0 Å². The Hall–Kier alpha value is -1.72. The number of hydrogen-bond acceptors (Lipinski definition) is 4. The second kappa shape index (κ2) is 8.43. The lowest BCUT2D eigenvalue weighted by molar-refractivity contribution is -0.128. The topological polar surface area (TPSA) is 92.3 Å². The van der Waals surface area contributed by atoms with Crippen LogP contribution >= 0.6 is 0 Å². The van der Waals surface area contributed by atoms with Crippen LogP contribution in [0, 0.1) is 0 Å². The van der Waals surface area contributed by atoms with Crippen molar-refractivity contribution in [3.8, 4) is 0 Å². The highest BCUT2D eigenvalue weighted by atomic mass is 16.2. The molecule has 0 aromatic carbocycles. The minimum atomic E-state index is -0.697. The van der Waals surface area contributed by atoms with Gasteiger partial charge in [0, 0.05) is 33.2 Å². The SMILES string of the molecule is CNC(=O)[C@H](CCC(=O)CCC=O)NC(C)=O. The Morgan fingerprint density at radius 2 is 1.88 bits per heavy atom. The van der Waals surface area contributed by atoms with Crippen molar-refractivity contribution in [3.05, 3.63) is 0 Å². The zero-order valence-corrected chi connectivity index (χ0v) is 10.1. The molecule has 0 saturated heterocycles. The van der Waals surface area contributed by atoms with E-state index >= 15 is 0 Å². The molecule has 0 unspecified atom stereocenters. The van der Waals surface area contributed by atoms with E-state index in [0.717, 1.165) is 0 Å². The molecule has 0 radical (unpaired) electrons. The first-order chi connectivity index (χ1) is 8.01. The lowest BCUT2D eigenvalue weighted by Crippen LogP contribution is -2.45. The molecular formula is C11H18N2O4. The fourth-order valence-electron chi connectivity index (χ4n) is 1.34. The summed E-state index contributed by atoms with van der Waals surface area (Å²) in [5, 5.41) is 4.89. The normalized spacial score (nSPS) is 11.4. The second-order valence-corrected chi connectivity index (χ2v) is 3.65. The van der Waals surface area contributed by atoms with E-state index in [1.807, 2.05) is 0 Å². The standard InChI is InChI=1S/C11H18N2O4/c1-8(15)13-10(11(17)12-2)6-5-9(16)4-3-7-14/h7,10H,3-6H2,1-2H3,(H,12,17)(H,13,15)/t10-/m0/s1. The lowest BCUT2D eigenvalue weighted by Gasteiger charge is -2.15. The summed E-state index contributed by atoms with van der Waals surface area (Å²) in [6.45, 7) is 1.31. The van der Waals surface area contributed by atoms with Crippen LogP contribution in [0.5, 0.6) is 0 Å². The van der Waals surface area contributed by atoms with Crippen molar-refractivity contribution in [2.24, 2.45) is 0 Å². The summed E-state index contributed by atoms with van der Waals surface area (Å²) in [6.07, 6.45) is 1.48.